The van der Waals surface area contributed by atoms with Crippen molar-refractivity contribution in [1.29, 1.82) is 0 Å². The average Bonchev–Trinajstić information content (AvgIpc) is 2.41. The second kappa shape index (κ2) is 6.43. The number of ether oxygens (including phenoxy) is 1. The Kier molecular flexibility index (Phi) is 4.86. The first-order valence-corrected chi connectivity index (χ1v) is 7.54. The molecule has 2 rings (SSSR count). The van der Waals surface area contributed by atoms with Crippen molar-refractivity contribution < 1.29 is 13.5 Å². The van der Waals surface area contributed by atoms with E-state index < -0.39 is 6.61 Å². The molecule has 1 aromatic rings. The summed E-state index contributed by atoms with van der Waals surface area (Å²) >= 11 is 1.68. The largest absolute Gasteiger partial charge is 0.435 e. The summed E-state index contributed by atoms with van der Waals surface area (Å²) in [5.74, 6) is 1.19. The van der Waals surface area contributed by atoms with Gasteiger partial charge >= 0.3 is 6.61 Å². The van der Waals surface area contributed by atoms with Gasteiger partial charge in [0.1, 0.15) is 5.75 Å². The highest BCUT2D eigenvalue weighted by atomic mass is 32.2. The maximum absolute atomic E-state index is 12.1. The normalized spacial score (nSPS) is 22.6. The van der Waals surface area contributed by atoms with Gasteiger partial charge in [-0.2, -0.15) is 8.78 Å². The number of hydrogen-bond donors (Lipinski definition) is 1. The van der Waals surface area contributed by atoms with E-state index in [4.69, 9.17) is 4.99 Å². The summed E-state index contributed by atoms with van der Waals surface area (Å²) in [4.78, 5) is 4.72. The van der Waals surface area contributed by atoms with Crippen LogP contribution in [0.3, 0.4) is 0 Å². The molecule has 20 heavy (non-hydrogen) atoms. The molecule has 1 unspecified atom stereocenters. The number of amidine groups is 1. The minimum Gasteiger partial charge on any atom is -0.435 e. The van der Waals surface area contributed by atoms with E-state index in [1.807, 2.05) is 0 Å². The van der Waals surface area contributed by atoms with E-state index in [-0.39, 0.29) is 11.3 Å². The van der Waals surface area contributed by atoms with Crippen molar-refractivity contribution in [3.63, 3.8) is 0 Å². The summed E-state index contributed by atoms with van der Waals surface area (Å²) < 4.78 is 28.4. The molecule has 0 saturated heterocycles. The van der Waals surface area contributed by atoms with Crippen molar-refractivity contribution in [2.75, 3.05) is 11.1 Å². The molecule has 3 nitrogen and oxygen atoms in total. The quantitative estimate of drug-likeness (QED) is 0.897. The van der Waals surface area contributed by atoms with Crippen LogP contribution in [0.25, 0.3) is 0 Å². The number of aliphatic imine (C=N–C) groups is 1. The van der Waals surface area contributed by atoms with Gasteiger partial charge in [-0.15, -0.1) is 0 Å². The molecule has 1 aliphatic heterocycles. The molecule has 0 aliphatic carbocycles. The van der Waals surface area contributed by atoms with Crippen LogP contribution >= 0.6 is 11.8 Å². The van der Waals surface area contributed by atoms with E-state index >= 15 is 0 Å². The van der Waals surface area contributed by atoms with Gasteiger partial charge in [0.05, 0.1) is 5.54 Å². The van der Waals surface area contributed by atoms with Crippen molar-refractivity contribution in [3.8, 4) is 5.75 Å². The smallest absolute Gasteiger partial charge is 0.387 e. The number of rotatable bonds is 4. The summed E-state index contributed by atoms with van der Waals surface area (Å²) in [7, 11) is 0. The zero-order chi connectivity index (χ0) is 14.6. The Labute approximate surface area is 121 Å². The van der Waals surface area contributed by atoms with E-state index in [9.17, 15) is 8.78 Å². The molecule has 1 heterocycles. The topological polar surface area (TPSA) is 33.6 Å². The Morgan fingerprint density at radius 1 is 1.40 bits per heavy atom. The van der Waals surface area contributed by atoms with Gasteiger partial charge < -0.3 is 10.1 Å². The van der Waals surface area contributed by atoms with Gasteiger partial charge in [-0.25, -0.2) is 0 Å². The van der Waals surface area contributed by atoms with Crippen LogP contribution in [0.5, 0.6) is 5.75 Å². The molecular formula is C14H18F2N2OS. The Bertz CT molecular complexity index is 479. The summed E-state index contributed by atoms with van der Waals surface area (Å²) in [6.45, 7) is 1.49. The third-order valence-corrected chi connectivity index (χ3v) is 4.22. The highest BCUT2D eigenvalue weighted by molar-refractivity contribution is 8.14. The van der Waals surface area contributed by atoms with Gasteiger partial charge in [-0.3, -0.25) is 4.99 Å². The van der Waals surface area contributed by atoms with Crippen molar-refractivity contribution in [3.05, 3.63) is 24.3 Å². The number of alkyl halides is 2. The summed E-state index contributed by atoms with van der Waals surface area (Å²) in [6.07, 6.45) is 2.07. The van der Waals surface area contributed by atoms with Gasteiger partial charge in [0.25, 0.3) is 0 Å². The number of nitrogens with one attached hydrogen (secondary N) is 1. The van der Waals surface area contributed by atoms with Gasteiger partial charge in [0.15, 0.2) is 5.17 Å². The predicted molar refractivity (Wildman–Crippen MR) is 79.9 cm³/mol. The Morgan fingerprint density at radius 3 is 2.70 bits per heavy atom. The maximum atomic E-state index is 12.1. The molecule has 0 amide bonds. The Morgan fingerprint density at radius 2 is 2.10 bits per heavy atom. The summed E-state index contributed by atoms with van der Waals surface area (Å²) in [6, 6.07) is 6.44. The summed E-state index contributed by atoms with van der Waals surface area (Å²) in [5, 5.41) is 4.10. The lowest BCUT2D eigenvalue weighted by molar-refractivity contribution is -0.0498. The van der Waals surface area contributed by atoms with E-state index in [2.05, 4.69) is 23.9 Å². The molecular weight excluding hydrogens is 282 g/mol. The zero-order valence-corrected chi connectivity index (χ0v) is 12.3. The lowest BCUT2D eigenvalue weighted by Crippen LogP contribution is -2.29. The van der Waals surface area contributed by atoms with Crippen LogP contribution in [0, 0.1) is 0 Å². The minimum atomic E-state index is -2.79. The average molecular weight is 300 g/mol. The van der Waals surface area contributed by atoms with Crippen LogP contribution in [-0.2, 0) is 0 Å². The first kappa shape index (κ1) is 15.1. The van der Waals surface area contributed by atoms with E-state index in [1.54, 1.807) is 23.9 Å². The van der Waals surface area contributed by atoms with Crippen LogP contribution < -0.4 is 10.1 Å². The molecule has 0 bridgehead atoms. The standard InChI is InChI=1S/C14H18F2N2OS/c1-3-14(2)8-9-20-13(18-14)17-10-4-6-11(7-5-10)19-12(15)16/h4-7,12H,3,8-9H2,1-2H3,(H,17,18). The van der Waals surface area contributed by atoms with Crippen LogP contribution in [-0.4, -0.2) is 23.1 Å². The number of hydrogen-bond acceptors (Lipinski definition) is 4. The Hall–Kier alpha value is -1.30. The monoisotopic (exact) mass is 300 g/mol. The molecule has 1 aliphatic rings. The van der Waals surface area contributed by atoms with Crippen LogP contribution in [0.1, 0.15) is 26.7 Å². The van der Waals surface area contributed by atoms with Crippen molar-refractivity contribution >= 4 is 22.6 Å². The second-order valence-electron chi connectivity index (χ2n) is 4.89. The van der Waals surface area contributed by atoms with Crippen LogP contribution in [0.15, 0.2) is 29.3 Å². The highest BCUT2D eigenvalue weighted by Crippen LogP contribution is 2.30. The first-order valence-electron chi connectivity index (χ1n) is 6.55. The SMILES string of the molecule is CCC1(C)CCSC(Nc2ccc(OC(F)F)cc2)=N1. The third-order valence-electron chi connectivity index (χ3n) is 3.34. The fourth-order valence-corrected chi connectivity index (χ4v) is 3.07. The highest BCUT2D eigenvalue weighted by Gasteiger charge is 2.25. The predicted octanol–water partition coefficient (Wildman–Crippen LogP) is 4.36. The number of benzene rings is 1. The van der Waals surface area contributed by atoms with Gasteiger partial charge in [-0.05, 0) is 44.0 Å². The van der Waals surface area contributed by atoms with E-state index in [0.29, 0.717) is 0 Å². The lowest BCUT2D eigenvalue weighted by atomic mass is 9.97. The molecule has 0 saturated carbocycles. The molecule has 1 atom stereocenters. The number of anilines is 1. The van der Waals surface area contributed by atoms with Gasteiger partial charge in [0.2, 0.25) is 0 Å². The van der Waals surface area contributed by atoms with Crippen LogP contribution in [0.2, 0.25) is 0 Å². The number of halogens is 2. The molecule has 110 valence electrons. The van der Waals surface area contributed by atoms with Gasteiger partial charge in [-0.1, -0.05) is 18.7 Å². The molecule has 1 aromatic carbocycles. The zero-order valence-electron chi connectivity index (χ0n) is 11.5. The van der Waals surface area contributed by atoms with Crippen molar-refractivity contribution in [2.24, 2.45) is 4.99 Å². The Balaban J connectivity index is 2.03. The molecule has 6 heteroatoms. The summed E-state index contributed by atoms with van der Waals surface area (Å²) in [5.41, 5.74) is 0.810. The van der Waals surface area contributed by atoms with Gasteiger partial charge in [0, 0.05) is 11.4 Å². The molecule has 0 aromatic heterocycles. The lowest BCUT2D eigenvalue weighted by Gasteiger charge is -2.29. The fraction of sp³-hybridized carbons (Fsp3) is 0.500. The molecule has 0 radical (unpaired) electrons. The van der Waals surface area contributed by atoms with E-state index in [0.717, 1.165) is 29.4 Å². The molecule has 0 spiro atoms. The van der Waals surface area contributed by atoms with Crippen LogP contribution in [0.4, 0.5) is 14.5 Å². The van der Waals surface area contributed by atoms with Crippen molar-refractivity contribution in [1.82, 2.24) is 0 Å². The first-order chi connectivity index (χ1) is 9.50. The maximum Gasteiger partial charge on any atom is 0.387 e. The minimum absolute atomic E-state index is 0.00763. The van der Waals surface area contributed by atoms with E-state index in [1.165, 1.54) is 12.1 Å². The third kappa shape index (κ3) is 4.10. The second-order valence-corrected chi connectivity index (χ2v) is 5.98. The number of thioether (sulfide) groups is 1. The molecule has 0 fully saturated rings. The molecule has 1 N–H and O–H groups in total. The van der Waals surface area contributed by atoms with Crippen molar-refractivity contribution in [2.45, 2.75) is 38.8 Å². The fourth-order valence-electron chi connectivity index (χ4n) is 1.86. The number of nitrogens with zero attached hydrogens (tertiary/aromatic N) is 1.